The van der Waals surface area contributed by atoms with Crippen LogP contribution in [-0.2, 0) is 24.3 Å². The molecule has 2 N–H and O–H groups in total. The van der Waals surface area contributed by atoms with Crippen molar-refractivity contribution < 1.29 is 18.0 Å². The number of hydrogen-bond donors (Lipinski definition) is 1. The molecule has 0 spiro atoms. The van der Waals surface area contributed by atoms with Gasteiger partial charge in [0.1, 0.15) is 11.6 Å². The van der Waals surface area contributed by atoms with E-state index in [1.54, 1.807) is 6.20 Å². The average Bonchev–Trinajstić information content (AvgIpc) is 3.08. The zero-order valence-corrected chi connectivity index (χ0v) is 15.5. The van der Waals surface area contributed by atoms with Crippen LogP contribution in [0.4, 0.5) is 13.2 Å². The van der Waals surface area contributed by atoms with Crippen molar-refractivity contribution in [2.75, 3.05) is 6.54 Å². The second-order valence-corrected chi connectivity index (χ2v) is 7.12. The summed E-state index contributed by atoms with van der Waals surface area (Å²) < 4.78 is 42.3. The molecule has 2 aromatic carbocycles. The number of ketones is 1. The van der Waals surface area contributed by atoms with Crippen molar-refractivity contribution in [1.29, 1.82) is 0 Å². The van der Waals surface area contributed by atoms with Gasteiger partial charge in [-0.1, -0.05) is 18.2 Å². The van der Waals surface area contributed by atoms with Gasteiger partial charge in [-0.25, -0.2) is 18.2 Å². The van der Waals surface area contributed by atoms with Crippen molar-refractivity contribution in [3.8, 4) is 5.69 Å². The average molecular weight is 400 g/mol. The highest BCUT2D eigenvalue weighted by Crippen LogP contribution is 2.23. The Bertz CT molecular complexity index is 1070. The number of aromatic nitrogens is 2. The molecule has 1 atom stereocenters. The number of fused-ring (bicyclic) bond motifs is 3. The van der Waals surface area contributed by atoms with Gasteiger partial charge in [0, 0.05) is 25.0 Å². The lowest BCUT2D eigenvalue weighted by Gasteiger charge is -2.21. The summed E-state index contributed by atoms with van der Waals surface area (Å²) in [7, 11) is 0. The first-order chi connectivity index (χ1) is 13.9. The molecule has 0 fully saturated rings. The summed E-state index contributed by atoms with van der Waals surface area (Å²) in [5.74, 6) is -2.88. The van der Waals surface area contributed by atoms with Gasteiger partial charge in [-0.3, -0.25) is 9.69 Å². The van der Waals surface area contributed by atoms with Crippen LogP contribution in [-0.4, -0.2) is 32.8 Å². The van der Waals surface area contributed by atoms with Crippen LogP contribution in [0.2, 0.25) is 0 Å². The fourth-order valence-corrected chi connectivity index (χ4v) is 3.57. The monoisotopic (exact) mass is 400 g/mol. The molecule has 0 saturated carbocycles. The van der Waals surface area contributed by atoms with Crippen molar-refractivity contribution >= 4 is 5.78 Å². The number of imidazole rings is 1. The fourth-order valence-electron chi connectivity index (χ4n) is 3.57. The Balaban J connectivity index is 1.49. The van der Waals surface area contributed by atoms with Gasteiger partial charge < -0.3 is 10.3 Å². The van der Waals surface area contributed by atoms with Crippen LogP contribution in [0, 0.1) is 17.5 Å². The third-order valence-electron chi connectivity index (χ3n) is 5.05. The largest absolute Gasteiger partial charge is 0.321 e. The van der Waals surface area contributed by atoms with Gasteiger partial charge in [-0.05, 0) is 29.7 Å². The van der Waals surface area contributed by atoms with E-state index in [9.17, 15) is 18.0 Å². The van der Waals surface area contributed by atoms with Crippen LogP contribution in [0.15, 0.2) is 48.8 Å². The SMILES string of the molecule is NC(Cc1cc(F)c(F)cc1F)C(=O)CN1Cc2ccccc2-n2ccnc2C1. The van der Waals surface area contributed by atoms with Crippen LogP contribution in [0.5, 0.6) is 0 Å². The van der Waals surface area contributed by atoms with Crippen LogP contribution in [0.1, 0.15) is 17.0 Å². The number of rotatable bonds is 5. The van der Waals surface area contributed by atoms with Gasteiger partial charge in [0.25, 0.3) is 0 Å². The predicted molar refractivity (Wildman–Crippen MR) is 101 cm³/mol. The Morgan fingerprint density at radius 3 is 2.69 bits per heavy atom. The number of benzene rings is 2. The maximum Gasteiger partial charge on any atom is 0.163 e. The van der Waals surface area contributed by atoms with E-state index < -0.39 is 23.5 Å². The Kier molecular flexibility index (Phi) is 5.21. The molecule has 1 aliphatic rings. The summed E-state index contributed by atoms with van der Waals surface area (Å²) in [6.45, 7) is 1.00. The highest BCUT2D eigenvalue weighted by molar-refractivity contribution is 5.86. The lowest BCUT2D eigenvalue weighted by molar-refractivity contribution is -0.121. The van der Waals surface area contributed by atoms with E-state index in [0.717, 1.165) is 23.1 Å². The molecule has 8 heteroatoms. The molecular formula is C21H19F3N4O. The zero-order chi connectivity index (χ0) is 20.5. The number of hydrogen-bond acceptors (Lipinski definition) is 4. The molecule has 0 bridgehead atoms. The van der Waals surface area contributed by atoms with E-state index in [1.807, 2.05) is 39.9 Å². The van der Waals surface area contributed by atoms with E-state index in [0.29, 0.717) is 19.2 Å². The lowest BCUT2D eigenvalue weighted by atomic mass is 10.0. The lowest BCUT2D eigenvalue weighted by Crippen LogP contribution is -2.40. The molecule has 4 rings (SSSR count). The Morgan fingerprint density at radius 2 is 1.86 bits per heavy atom. The minimum atomic E-state index is -1.27. The van der Waals surface area contributed by atoms with Crippen molar-refractivity contribution in [3.05, 3.63) is 83.2 Å². The van der Waals surface area contributed by atoms with Crippen molar-refractivity contribution in [2.45, 2.75) is 25.6 Å². The minimum Gasteiger partial charge on any atom is -0.321 e. The van der Waals surface area contributed by atoms with E-state index in [2.05, 4.69) is 4.98 Å². The molecule has 150 valence electrons. The molecule has 1 unspecified atom stereocenters. The summed E-state index contributed by atoms with van der Waals surface area (Å²) >= 11 is 0. The molecule has 1 aliphatic heterocycles. The number of carbonyl (C=O) groups is 1. The number of Topliss-reactive ketones (excluding diaryl/α,β-unsaturated/α-hetero) is 1. The van der Waals surface area contributed by atoms with Gasteiger partial charge in [0.05, 0.1) is 24.8 Å². The number of halogens is 3. The Labute approximate surface area is 165 Å². The minimum absolute atomic E-state index is 0.0354. The molecule has 0 amide bonds. The van der Waals surface area contributed by atoms with Crippen LogP contribution < -0.4 is 5.73 Å². The first-order valence-electron chi connectivity index (χ1n) is 9.17. The second-order valence-electron chi connectivity index (χ2n) is 7.12. The van der Waals surface area contributed by atoms with E-state index >= 15 is 0 Å². The maximum atomic E-state index is 13.9. The molecule has 3 aromatic rings. The molecule has 0 aliphatic carbocycles. The van der Waals surface area contributed by atoms with E-state index in [1.165, 1.54) is 0 Å². The first kappa shape index (κ1) is 19.4. The van der Waals surface area contributed by atoms with Gasteiger partial charge in [0.2, 0.25) is 0 Å². The highest BCUT2D eigenvalue weighted by Gasteiger charge is 2.24. The summed E-state index contributed by atoms with van der Waals surface area (Å²) in [6, 6.07) is 8.02. The third kappa shape index (κ3) is 3.94. The first-order valence-corrected chi connectivity index (χ1v) is 9.17. The summed E-state index contributed by atoms with van der Waals surface area (Å²) in [5.41, 5.74) is 7.87. The van der Waals surface area contributed by atoms with Crippen LogP contribution in [0.25, 0.3) is 5.69 Å². The van der Waals surface area contributed by atoms with Crippen molar-refractivity contribution in [3.63, 3.8) is 0 Å². The number of para-hydroxylation sites is 1. The smallest absolute Gasteiger partial charge is 0.163 e. The standard InChI is InChI=1S/C21H19F3N4O/c22-15-9-17(24)16(23)7-14(15)8-18(25)20(29)11-27-10-13-3-1-2-4-19(13)28-6-5-26-21(28)12-27/h1-7,9,18H,8,10-12,25H2. The predicted octanol–water partition coefficient (Wildman–Crippen LogP) is 2.74. The summed E-state index contributed by atoms with van der Waals surface area (Å²) in [6.07, 6.45) is 3.37. The zero-order valence-electron chi connectivity index (χ0n) is 15.5. The number of nitrogens with two attached hydrogens (primary N) is 1. The fraction of sp³-hybridized carbons (Fsp3) is 0.238. The van der Waals surface area contributed by atoms with Gasteiger partial charge >= 0.3 is 0 Å². The number of carbonyl (C=O) groups excluding carboxylic acids is 1. The maximum absolute atomic E-state index is 13.9. The van der Waals surface area contributed by atoms with Crippen molar-refractivity contribution in [2.24, 2.45) is 5.73 Å². The van der Waals surface area contributed by atoms with Crippen LogP contribution in [0.3, 0.4) is 0 Å². The molecule has 1 aromatic heterocycles. The van der Waals surface area contributed by atoms with E-state index in [-0.39, 0.29) is 24.3 Å². The summed E-state index contributed by atoms with van der Waals surface area (Å²) in [5, 5.41) is 0. The topological polar surface area (TPSA) is 64.2 Å². The molecule has 0 radical (unpaired) electrons. The Morgan fingerprint density at radius 1 is 1.10 bits per heavy atom. The number of nitrogens with zero attached hydrogens (tertiary/aromatic N) is 3. The van der Waals surface area contributed by atoms with E-state index in [4.69, 9.17) is 5.73 Å². The second kappa shape index (κ2) is 7.81. The van der Waals surface area contributed by atoms with Gasteiger partial charge in [0.15, 0.2) is 17.4 Å². The molecule has 29 heavy (non-hydrogen) atoms. The highest BCUT2D eigenvalue weighted by atomic mass is 19.2. The van der Waals surface area contributed by atoms with Gasteiger partial charge in [-0.2, -0.15) is 0 Å². The molecular weight excluding hydrogens is 381 g/mol. The third-order valence-corrected chi connectivity index (χ3v) is 5.05. The molecule has 5 nitrogen and oxygen atoms in total. The van der Waals surface area contributed by atoms with Crippen molar-refractivity contribution in [1.82, 2.24) is 14.5 Å². The Hall–Kier alpha value is -2.97. The normalized spacial score (nSPS) is 14.8. The molecule has 0 saturated heterocycles. The summed E-state index contributed by atoms with van der Waals surface area (Å²) in [4.78, 5) is 18.9. The molecule has 2 heterocycles. The van der Waals surface area contributed by atoms with Gasteiger partial charge in [-0.15, -0.1) is 0 Å². The van der Waals surface area contributed by atoms with Crippen LogP contribution >= 0.6 is 0 Å². The quantitative estimate of drug-likeness (QED) is 0.669.